The fourth-order valence-corrected chi connectivity index (χ4v) is 3.58. The monoisotopic (exact) mass is 489 g/mol. The van der Waals surface area contributed by atoms with Crippen molar-refractivity contribution in [2.45, 2.75) is 0 Å². The molecule has 1 aliphatic rings. The number of ether oxygens (including phenoxy) is 2. The highest BCUT2D eigenvalue weighted by atomic mass is 79.9. The third-order valence-corrected chi connectivity index (χ3v) is 5.40. The largest absolute Gasteiger partial charge is 0.497 e. The van der Waals surface area contributed by atoms with Gasteiger partial charge in [-0.1, -0.05) is 22.0 Å². The molecule has 1 N–H and O–H groups in total. The zero-order chi connectivity index (χ0) is 22.2. The maximum atomic E-state index is 12.3. The van der Waals surface area contributed by atoms with E-state index in [1.807, 2.05) is 24.3 Å². The topological polar surface area (TPSA) is 88.2 Å². The van der Waals surface area contributed by atoms with Crippen molar-refractivity contribution in [2.75, 3.05) is 51.3 Å². The van der Waals surface area contributed by atoms with E-state index in [1.165, 1.54) is 0 Å². The van der Waals surface area contributed by atoms with Crippen molar-refractivity contribution in [1.29, 1.82) is 0 Å². The molecule has 0 spiro atoms. The lowest BCUT2D eigenvalue weighted by Gasteiger charge is -2.36. The van der Waals surface area contributed by atoms with Crippen LogP contribution in [0.15, 0.2) is 53.0 Å². The van der Waals surface area contributed by atoms with E-state index in [4.69, 9.17) is 9.47 Å². The number of amides is 2. The average Bonchev–Trinajstić information content (AvgIpc) is 2.81. The highest BCUT2D eigenvalue weighted by molar-refractivity contribution is 9.10. The van der Waals surface area contributed by atoms with Gasteiger partial charge in [0.1, 0.15) is 12.3 Å². The van der Waals surface area contributed by atoms with Crippen LogP contribution in [0.3, 0.4) is 0 Å². The van der Waals surface area contributed by atoms with Gasteiger partial charge in [0.15, 0.2) is 6.61 Å². The van der Waals surface area contributed by atoms with E-state index >= 15 is 0 Å². The van der Waals surface area contributed by atoms with Crippen LogP contribution in [-0.2, 0) is 14.3 Å². The van der Waals surface area contributed by atoms with Crippen LogP contribution in [0.4, 0.5) is 5.69 Å². The van der Waals surface area contributed by atoms with Crippen molar-refractivity contribution in [1.82, 2.24) is 10.2 Å². The van der Waals surface area contributed by atoms with Crippen molar-refractivity contribution in [3.05, 3.63) is 58.6 Å². The summed E-state index contributed by atoms with van der Waals surface area (Å²) in [7, 11) is 1.63. The summed E-state index contributed by atoms with van der Waals surface area (Å²) in [5.41, 5.74) is 1.49. The van der Waals surface area contributed by atoms with E-state index in [0.29, 0.717) is 31.7 Å². The molecular weight excluding hydrogens is 466 g/mol. The third-order valence-electron chi connectivity index (χ3n) is 4.91. The first-order valence-corrected chi connectivity index (χ1v) is 10.6. The number of carbonyl (C=O) groups excluding carboxylic acids is 3. The van der Waals surface area contributed by atoms with Gasteiger partial charge >= 0.3 is 5.97 Å². The molecule has 2 amide bonds. The second kappa shape index (κ2) is 10.8. The van der Waals surface area contributed by atoms with E-state index in [2.05, 4.69) is 26.1 Å². The van der Waals surface area contributed by atoms with Crippen molar-refractivity contribution in [3.63, 3.8) is 0 Å². The Bertz CT molecular complexity index is 927. The molecule has 0 unspecified atom stereocenters. The second-order valence-corrected chi connectivity index (χ2v) is 7.84. The number of benzene rings is 2. The van der Waals surface area contributed by atoms with Gasteiger partial charge in [0.05, 0.1) is 7.11 Å². The molecule has 164 valence electrons. The molecule has 1 heterocycles. The number of nitrogens with one attached hydrogen (secondary N) is 1. The van der Waals surface area contributed by atoms with E-state index in [0.717, 1.165) is 15.9 Å². The quantitative estimate of drug-likeness (QED) is 0.599. The van der Waals surface area contributed by atoms with Crippen molar-refractivity contribution in [3.8, 4) is 5.75 Å². The predicted octanol–water partition coefficient (Wildman–Crippen LogP) is 2.08. The molecule has 2 aromatic rings. The highest BCUT2D eigenvalue weighted by Gasteiger charge is 2.22. The summed E-state index contributed by atoms with van der Waals surface area (Å²) in [6.45, 7) is 1.82. The van der Waals surface area contributed by atoms with Gasteiger partial charge < -0.3 is 24.6 Å². The Kier molecular flexibility index (Phi) is 7.88. The summed E-state index contributed by atoms with van der Waals surface area (Å²) in [5, 5.41) is 2.49. The summed E-state index contributed by atoms with van der Waals surface area (Å²) in [4.78, 5) is 40.1. The number of halogens is 1. The normalized spacial score (nSPS) is 13.5. The number of anilines is 1. The lowest BCUT2D eigenvalue weighted by Crippen LogP contribution is -2.50. The zero-order valence-corrected chi connectivity index (χ0v) is 18.8. The van der Waals surface area contributed by atoms with Gasteiger partial charge in [0, 0.05) is 41.9 Å². The Morgan fingerprint density at radius 3 is 2.39 bits per heavy atom. The van der Waals surface area contributed by atoms with Gasteiger partial charge in [0.25, 0.3) is 11.8 Å². The van der Waals surface area contributed by atoms with Gasteiger partial charge in [-0.15, -0.1) is 0 Å². The van der Waals surface area contributed by atoms with Crippen LogP contribution in [0.25, 0.3) is 0 Å². The molecule has 1 saturated heterocycles. The maximum Gasteiger partial charge on any atom is 0.325 e. The van der Waals surface area contributed by atoms with E-state index < -0.39 is 5.97 Å². The first-order chi connectivity index (χ1) is 15.0. The molecule has 1 fully saturated rings. The molecule has 0 aromatic heterocycles. The number of hydrogen-bond donors (Lipinski definition) is 1. The molecule has 31 heavy (non-hydrogen) atoms. The molecule has 0 aliphatic carbocycles. The minimum absolute atomic E-state index is 0.249. The van der Waals surface area contributed by atoms with Gasteiger partial charge in [0.2, 0.25) is 0 Å². The number of piperazine rings is 1. The van der Waals surface area contributed by atoms with Crippen LogP contribution in [0.1, 0.15) is 10.4 Å². The molecule has 8 nitrogen and oxygen atoms in total. The predicted molar refractivity (Wildman–Crippen MR) is 119 cm³/mol. The minimum atomic E-state index is -0.659. The standard InChI is InChI=1S/C22H24BrN3O5/c1-30-19-7-5-18(6-8-19)25-9-11-26(12-10-25)20(27)15-31-21(28)14-24-22(29)16-3-2-4-17(23)13-16/h2-8,13H,9-12,14-15H2,1H3,(H,24,29). The molecule has 0 atom stereocenters. The van der Waals surface area contributed by atoms with Crippen molar-refractivity contribution < 1.29 is 23.9 Å². The molecule has 9 heteroatoms. The summed E-state index contributed by atoms with van der Waals surface area (Å²) in [6, 6.07) is 14.6. The molecule has 0 radical (unpaired) electrons. The minimum Gasteiger partial charge on any atom is -0.497 e. The first kappa shape index (κ1) is 22.6. The fourth-order valence-electron chi connectivity index (χ4n) is 3.18. The smallest absolute Gasteiger partial charge is 0.325 e. The molecule has 0 saturated carbocycles. The van der Waals surface area contributed by atoms with Gasteiger partial charge in [-0.05, 0) is 42.5 Å². The number of rotatable bonds is 7. The number of nitrogens with zero attached hydrogens (tertiary/aromatic N) is 2. The molecule has 2 aromatic carbocycles. The van der Waals surface area contributed by atoms with Crippen LogP contribution in [0, 0.1) is 0 Å². The van der Waals surface area contributed by atoms with Crippen LogP contribution >= 0.6 is 15.9 Å². The molecular formula is C22H24BrN3O5. The number of carbonyl (C=O) groups is 3. The lowest BCUT2D eigenvalue weighted by atomic mass is 10.2. The highest BCUT2D eigenvalue weighted by Crippen LogP contribution is 2.20. The van der Waals surface area contributed by atoms with Crippen LogP contribution < -0.4 is 15.0 Å². The maximum absolute atomic E-state index is 12.3. The zero-order valence-electron chi connectivity index (χ0n) is 17.2. The average molecular weight is 490 g/mol. The van der Waals surface area contributed by atoms with Crippen molar-refractivity contribution in [2.24, 2.45) is 0 Å². The van der Waals surface area contributed by atoms with E-state index in [-0.39, 0.29) is 25.0 Å². The Labute approximate surface area is 189 Å². The van der Waals surface area contributed by atoms with Crippen molar-refractivity contribution >= 4 is 39.4 Å². The first-order valence-electron chi connectivity index (χ1n) is 9.82. The van der Waals surface area contributed by atoms with Crippen LogP contribution in [-0.4, -0.2) is 69.1 Å². The number of esters is 1. The van der Waals surface area contributed by atoms with E-state index in [9.17, 15) is 14.4 Å². The third kappa shape index (κ3) is 6.45. The Morgan fingerprint density at radius 2 is 1.74 bits per heavy atom. The summed E-state index contributed by atoms with van der Waals surface area (Å²) >= 11 is 3.29. The summed E-state index contributed by atoms with van der Waals surface area (Å²) in [6.07, 6.45) is 0. The Balaban J connectivity index is 1.37. The van der Waals surface area contributed by atoms with Crippen LogP contribution in [0.2, 0.25) is 0 Å². The van der Waals surface area contributed by atoms with Crippen LogP contribution in [0.5, 0.6) is 5.75 Å². The Morgan fingerprint density at radius 1 is 1.03 bits per heavy atom. The fraction of sp³-hybridized carbons (Fsp3) is 0.318. The Hall–Kier alpha value is -3.07. The molecule has 0 bridgehead atoms. The number of hydrogen-bond acceptors (Lipinski definition) is 6. The van der Waals surface area contributed by atoms with Gasteiger partial charge in [-0.3, -0.25) is 14.4 Å². The summed E-state index contributed by atoms with van der Waals surface area (Å²) < 4.78 is 11.0. The van der Waals surface area contributed by atoms with Gasteiger partial charge in [-0.25, -0.2) is 0 Å². The second-order valence-electron chi connectivity index (χ2n) is 6.92. The van der Waals surface area contributed by atoms with Gasteiger partial charge in [-0.2, -0.15) is 0 Å². The molecule has 3 rings (SSSR count). The number of methoxy groups -OCH3 is 1. The SMILES string of the molecule is COc1ccc(N2CCN(C(=O)COC(=O)CNC(=O)c3cccc(Br)c3)CC2)cc1. The van der Waals surface area contributed by atoms with E-state index in [1.54, 1.807) is 36.3 Å². The molecule has 1 aliphatic heterocycles. The summed E-state index contributed by atoms with van der Waals surface area (Å²) in [5.74, 6) is -0.499. The lowest BCUT2D eigenvalue weighted by molar-refractivity contribution is -0.151.